The molecule has 112 valence electrons. The van der Waals surface area contributed by atoms with Crippen molar-refractivity contribution in [3.63, 3.8) is 0 Å². The molecule has 0 aromatic heterocycles. The predicted molar refractivity (Wildman–Crippen MR) is 77.3 cm³/mol. The summed E-state index contributed by atoms with van der Waals surface area (Å²) >= 11 is 0. The Morgan fingerprint density at radius 3 is 2.65 bits per heavy atom. The zero-order valence-electron chi connectivity index (χ0n) is 12.5. The molecule has 1 aromatic carbocycles. The lowest BCUT2D eigenvalue weighted by molar-refractivity contribution is -0.126. The highest BCUT2D eigenvalue weighted by Crippen LogP contribution is 2.22. The lowest BCUT2D eigenvalue weighted by atomic mass is 10.1. The van der Waals surface area contributed by atoms with Gasteiger partial charge in [0.1, 0.15) is 11.6 Å². The Bertz CT molecular complexity index is 451. The Kier molecular flexibility index (Phi) is 6.45. The summed E-state index contributed by atoms with van der Waals surface area (Å²) in [4.78, 5) is 11.4. The van der Waals surface area contributed by atoms with Gasteiger partial charge in [-0.05, 0) is 32.9 Å². The van der Waals surface area contributed by atoms with Crippen LogP contribution in [-0.4, -0.2) is 25.6 Å². The summed E-state index contributed by atoms with van der Waals surface area (Å²) in [6.07, 6.45) is 0.345. The summed E-state index contributed by atoms with van der Waals surface area (Å²) in [7, 11) is 1.53. The largest absolute Gasteiger partial charge is 0.481 e. The fourth-order valence-electron chi connectivity index (χ4n) is 1.86. The van der Waals surface area contributed by atoms with E-state index < -0.39 is 6.10 Å². The second-order valence-corrected chi connectivity index (χ2v) is 4.73. The van der Waals surface area contributed by atoms with Crippen molar-refractivity contribution in [3.8, 4) is 5.75 Å². The molecular formula is C15H23FN2O2. The molecule has 0 heterocycles. The number of rotatable bonds is 7. The van der Waals surface area contributed by atoms with Gasteiger partial charge in [0.25, 0.3) is 5.91 Å². The van der Waals surface area contributed by atoms with Gasteiger partial charge in [-0.15, -0.1) is 0 Å². The van der Waals surface area contributed by atoms with Gasteiger partial charge in [-0.25, -0.2) is 4.39 Å². The number of hydrogen-bond donors (Lipinski definition) is 2. The Morgan fingerprint density at radius 2 is 2.10 bits per heavy atom. The topological polar surface area (TPSA) is 50.4 Å². The van der Waals surface area contributed by atoms with E-state index in [1.807, 2.05) is 6.92 Å². The zero-order valence-corrected chi connectivity index (χ0v) is 12.5. The molecule has 1 amide bonds. The van der Waals surface area contributed by atoms with Crippen LogP contribution in [0.4, 0.5) is 4.39 Å². The van der Waals surface area contributed by atoms with Crippen molar-refractivity contribution in [2.75, 3.05) is 13.6 Å². The SMILES string of the molecule is CCCNC(C)c1ccc(OC(C)C(=O)NC)cc1F. The van der Waals surface area contributed by atoms with E-state index in [9.17, 15) is 9.18 Å². The number of halogens is 1. The van der Waals surface area contributed by atoms with Crippen LogP contribution < -0.4 is 15.4 Å². The summed E-state index contributed by atoms with van der Waals surface area (Å²) < 4.78 is 19.4. The zero-order chi connectivity index (χ0) is 15.1. The van der Waals surface area contributed by atoms with E-state index in [1.165, 1.54) is 13.1 Å². The lowest BCUT2D eigenvalue weighted by Crippen LogP contribution is -2.33. The number of benzene rings is 1. The first-order chi connectivity index (χ1) is 9.49. The number of nitrogens with one attached hydrogen (secondary N) is 2. The van der Waals surface area contributed by atoms with E-state index in [1.54, 1.807) is 19.1 Å². The first kappa shape index (κ1) is 16.4. The average Bonchev–Trinajstić information content (AvgIpc) is 2.43. The van der Waals surface area contributed by atoms with Crippen molar-refractivity contribution in [1.82, 2.24) is 10.6 Å². The molecule has 0 spiro atoms. The number of carbonyl (C=O) groups is 1. The fraction of sp³-hybridized carbons (Fsp3) is 0.533. The van der Waals surface area contributed by atoms with Crippen LogP contribution >= 0.6 is 0 Å². The van der Waals surface area contributed by atoms with Gasteiger partial charge in [0.05, 0.1) is 0 Å². The number of likely N-dealkylation sites (N-methyl/N-ethyl adjacent to an activating group) is 1. The normalized spacial score (nSPS) is 13.7. The van der Waals surface area contributed by atoms with Gasteiger partial charge < -0.3 is 15.4 Å². The molecule has 4 nitrogen and oxygen atoms in total. The van der Waals surface area contributed by atoms with Gasteiger partial charge in [0, 0.05) is 24.7 Å². The minimum atomic E-state index is -0.652. The lowest BCUT2D eigenvalue weighted by Gasteiger charge is -2.17. The minimum absolute atomic E-state index is 0.0552. The smallest absolute Gasteiger partial charge is 0.260 e. The van der Waals surface area contributed by atoms with E-state index >= 15 is 0 Å². The van der Waals surface area contributed by atoms with E-state index in [2.05, 4.69) is 17.6 Å². The molecule has 5 heteroatoms. The molecule has 1 aromatic rings. The summed E-state index contributed by atoms with van der Waals surface area (Å²) in [5, 5.41) is 5.72. The molecule has 20 heavy (non-hydrogen) atoms. The van der Waals surface area contributed by atoms with Gasteiger partial charge in [-0.1, -0.05) is 13.0 Å². The van der Waals surface area contributed by atoms with Crippen LogP contribution in [0.3, 0.4) is 0 Å². The molecule has 0 saturated heterocycles. The van der Waals surface area contributed by atoms with Crippen molar-refractivity contribution in [1.29, 1.82) is 0 Å². The van der Waals surface area contributed by atoms with Crippen molar-refractivity contribution >= 4 is 5.91 Å². The third-order valence-corrected chi connectivity index (χ3v) is 3.07. The maximum absolute atomic E-state index is 14.0. The van der Waals surface area contributed by atoms with Gasteiger partial charge in [0.15, 0.2) is 6.10 Å². The predicted octanol–water partition coefficient (Wildman–Crippen LogP) is 2.40. The van der Waals surface area contributed by atoms with Crippen molar-refractivity contribution in [2.24, 2.45) is 0 Å². The molecule has 1 rings (SSSR count). The molecule has 0 fully saturated rings. The molecule has 0 bridgehead atoms. The molecule has 0 aliphatic rings. The Labute approximate surface area is 119 Å². The monoisotopic (exact) mass is 282 g/mol. The fourth-order valence-corrected chi connectivity index (χ4v) is 1.86. The highest BCUT2D eigenvalue weighted by Gasteiger charge is 2.15. The quantitative estimate of drug-likeness (QED) is 0.807. The van der Waals surface area contributed by atoms with Crippen LogP contribution in [0.2, 0.25) is 0 Å². The Hall–Kier alpha value is -1.62. The van der Waals surface area contributed by atoms with E-state index in [-0.39, 0.29) is 17.8 Å². The number of carbonyl (C=O) groups excluding carboxylic acids is 1. The molecule has 2 N–H and O–H groups in total. The summed E-state index contributed by atoms with van der Waals surface area (Å²) in [5.41, 5.74) is 0.596. The highest BCUT2D eigenvalue weighted by atomic mass is 19.1. The molecule has 0 aliphatic heterocycles. The highest BCUT2D eigenvalue weighted by molar-refractivity contribution is 5.80. The number of amides is 1. The number of ether oxygens (including phenoxy) is 1. The first-order valence-corrected chi connectivity index (χ1v) is 6.90. The Morgan fingerprint density at radius 1 is 1.40 bits per heavy atom. The molecule has 0 radical (unpaired) electrons. The van der Waals surface area contributed by atoms with Crippen LogP contribution in [0.15, 0.2) is 18.2 Å². The molecular weight excluding hydrogens is 259 g/mol. The molecule has 0 saturated carbocycles. The number of hydrogen-bond acceptors (Lipinski definition) is 3. The van der Waals surface area contributed by atoms with Crippen LogP contribution in [0.25, 0.3) is 0 Å². The maximum atomic E-state index is 14.0. The molecule has 0 aliphatic carbocycles. The van der Waals surface area contributed by atoms with Gasteiger partial charge in [0.2, 0.25) is 0 Å². The summed E-state index contributed by atoms with van der Waals surface area (Å²) in [6.45, 7) is 6.44. The van der Waals surface area contributed by atoms with E-state index in [4.69, 9.17) is 4.74 Å². The summed E-state index contributed by atoms with van der Waals surface area (Å²) in [5.74, 6) is -0.222. The van der Waals surface area contributed by atoms with Crippen LogP contribution in [-0.2, 0) is 4.79 Å². The van der Waals surface area contributed by atoms with E-state index in [0.29, 0.717) is 11.3 Å². The van der Waals surface area contributed by atoms with Gasteiger partial charge in [-0.3, -0.25) is 4.79 Å². The van der Waals surface area contributed by atoms with Gasteiger partial charge >= 0.3 is 0 Å². The van der Waals surface area contributed by atoms with Crippen molar-refractivity contribution < 1.29 is 13.9 Å². The van der Waals surface area contributed by atoms with E-state index in [0.717, 1.165) is 13.0 Å². The third-order valence-electron chi connectivity index (χ3n) is 3.07. The minimum Gasteiger partial charge on any atom is -0.481 e. The van der Waals surface area contributed by atoms with Crippen molar-refractivity contribution in [2.45, 2.75) is 39.3 Å². The third kappa shape index (κ3) is 4.49. The average molecular weight is 282 g/mol. The van der Waals surface area contributed by atoms with Crippen LogP contribution in [0.5, 0.6) is 5.75 Å². The van der Waals surface area contributed by atoms with Crippen LogP contribution in [0, 0.1) is 5.82 Å². The van der Waals surface area contributed by atoms with Crippen LogP contribution in [0.1, 0.15) is 38.8 Å². The van der Waals surface area contributed by atoms with Gasteiger partial charge in [-0.2, -0.15) is 0 Å². The standard InChI is InChI=1S/C15H23FN2O2/c1-5-8-18-10(2)13-7-6-12(9-14(13)16)20-11(3)15(19)17-4/h6-7,9-11,18H,5,8H2,1-4H3,(H,17,19). The maximum Gasteiger partial charge on any atom is 0.260 e. The first-order valence-electron chi connectivity index (χ1n) is 6.90. The summed E-state index contributed by atoms with van der Waals surface area (Å²) in [6, 6.07) is 4.63. The van der Waals surface area contributed by atoms with Crippen molar-refractivity contribution in [3.05, 3.63) is 29.6 Å². The molecule has 2 unspecified atom stereocenters. The Balaban J connectivity index is 2.75. The second kappa shape index (κ2) is 7.85. The second-order valence-electron chi connectivity index (χ2n) is 4.73. The molecule has 2 atom stereocenters.